The van der Waals surface area contributed by atoms with Crippen LogP contribution >= 0.6 is 0 Å². The van der Waals surface area contributed by atoms with Crippen molar-refractivity contribution in [1.29, 1.82) is 0 Å². The molecule has 0 unspecified atom stereocenters. The highest BCUT2D eigenvalue weighted by molar-refractivity contribution is 5.84. The number of nitrogens with zero attached hydrogens (tertiary/aromatic N) is 6. The Bertz CT molecular complexity index is 1480. The summed E-state index contributed by atoms with van der Waals surface area (Å²) in [5.74, 6) is 1.15. The number of piperidine rings is 1. The second kappa shape index (κ2) is 10.4. The van der Waals surface area contributed by atoms with Gasteiger partial charge in [0.05, 0.1) is 18.8 Å². The summed E-state index contributed by atoms with van der Waals surface area (Å²) < 4.78 is 1.92. The van der Waals surface area contributed by atoms with E-state index >= 15 is 0 Å². The molecule has 3 heterocycles. The fraction of sp³-hybridized carbons (Fsp3) is 0.452. The van der Waals surface area contributed by atoms with Gasteiger partial charge in [-0.1, -0.05) is 42.5 Å². The largest absolute Gasteiger partial charge is 0.393 e. The summed E-state index contributed by atoms with van der Waals surface area (Å²) in [5.41, 5.74) is 6.55. The number of aryl methyl sites for hydroxylation is 2. The van der Waals surface area contributed by atoms with Crippen molar-refractivity contribution < 1.29 is 5.11 Å². The molecule has 4 aromatic rings. The zero-order valence-electron chi connectivity index (χ0n) is 23.0. The van der Waals surface area contributed by atoms with Gasteiger partial charge in [0, 0.05) is 48.5 Å². The summed E-state index contributed by atoms with van der Waals surface area (Å²) in [7, 11) is 4.07. The Morgan fingerprint density at radius 2 is 1.92 bits per heavy atom. The van der Waals surface area contributed by atoms with E-state index in [4.69, 9.17) is 6.57 Å². The average molecular weight is 524 g/mol. The molecule has 1 saturated carbocycles. The first kappa shape index (κ1) is 25.4. The maximum absolute atomic E-state index is 10.6. The Morgan fingerprint density at radius 1 is 1.13 bits per heavy atom. The molecular formula is C31H37N7O. The number of hydrogen-bond acceptors (Lipinski definition) is 5. The standard InChI is InChI=1S/C31H37N7O/c1-20-26-17-29(38(32-2)18-22(26)11-14-30(20)39)31-25(24-7-5-6-8-27(24)33-31)15-16-37-19-28(34-35-37)21-9-12-23(13-10-21)36(3)4/h5-10,12-13,19-20,22,26,29-30,33,39H,11,14-18H2,1,3-4H3/t20-,22+,26-,29+,30+/m1/s1. The summed E-state index contributed by atoms with van der Waals surface area (Å²) in [6.07, 6.45) is 5.30. The molecule has 1 saturated heterocycles. The monoisotopic (exact) mass is 523 g/mol. The van der Waals surface area contributed by atoms with E-state index in [-0.39, 0.29) is 18.1 Å². The van der Waals surface area contributed by atoms with Crippen molar-refractivity contribution in [2.24, 2.45) is 17.8 Å². The van der Waals surface area contributed by atoms with Crippen molar-refractivity contribution in [3.63, 3.8) is 0 Å². The number of benzene rings is 2. The number of fused-ring (bicyclic) bond motifs is 2. The smallest absolute Gasteiger partial charge is 0.137 e. The molecule has 202 valence electrons. The topological polar surface area (TPSA) is 77.6 Å². The van der Waals surface area contributed by atoms with Gasteiger partial charge >= 0.3 is 0 Å². The summed E-state index contributed by atoms with van der Waals surface area (Å²) >= 11 is 0. The van der Waals surface area contributed by atoms with Gasteiger partial charge in [0.1, 0.15) is 11.7 Å². The fourth-order valence-electron chi connectivity index (χ4n) is 6.81. The van der Waals surface area contributed by atoms with Crippen LogP contribution in [0.5, 0.6) is 0 Å². The Hall–Kier alpha value is -3.83. The maximum atomic E-state index is 10.6. The van der Waals surface area contributed by atoms with Crippen LogP contribution in [0.15, 0.2) is 54.7 Å². The molecule has 2 N–H and O–H groups in total. The fourth-order valence-corrected chi connectivity index (χ4v) is 6.81. The molecule has 2 aromatic carbocycles. The summed E-state index contributed by atoms with van der Waals surface area (Å²) in [6.45, 7) is 11.7. The molecule has 1 aliphatic carbocycles. The molecule has 6 rings (SSSR count). The molecule has 0 spiro atoms. The number of para-hydroxylation sites is 1. The van der Waals surface area contributed by atoms with Gasteiger partial charge in [0.25, 0.3) is 0 Å². The third-order valence-electron chi connectivity index (χ3n) is 9.12. The summed E-state index contributed by atoms with van der Waals surface area (Å²) in [4.78, 5) is 9.78. The average Bonchev–Trinajstić information content (AvgIpc) is 3.58. The SMILES string of the molecule is [C-]#[N+]N1C[C@@H]2CC[C@H](O)[C@H](C)[C@H]2C[C@H]1c1[nH]c2ccccc2c1CCn1cc(-c2ccc(N(C)C)cc2)nn1. The van der Waals surface area contributed by atoms with Crippen molar-refractivity contribution in [2.75, 3.05) is 25.5 Å². The Morgan fingerprint density at radius 3 is 2.69 bits per heavy atom. The van der Waals surface area contributed by atoms with Crippen LogP contribution in [0.4, 0.5) is 5.69 Å². The molecule has 5 atom stereocenters. The molecule has 2 aliphatic rings. The van der Waals surface area contributed by atoms with Crippen LogP contribution in [0.1, 0.15) is 43.5 Å². The van der Waals surface area contributed by atoms with E-state index in [0.29, 0.717) is 18.4 Å². The Kier molecular flexibility index (Phi) is 6.78. The number of anilines is 1. The first-order chi connectivity index (χ1) is 18.9. The van der Waals surface area contributed by atoms with Gasteiger partial charge in [-0.2, -0.15) is 11.5 Å². The second-order valence-electron chi connectivity index (χ2n) is 11.5. The number of rotatable bonds is 6. The first-order valence-corrected chi connectivity index (χ1v) is 14.0. The van der Waals surface area contributed by atoms with Crippen LogP contribution in [-0.2, 0) is 13.0 Å². The Balaban J connectivity index is 1.27. The summed E-state index contributed by atoms with van der Waals surface area (Å²) in [6, 6.07) is 16.8. The van der Waals surface area contributed by atoms with E-state index in [1.807, 2.05) is 30.0 Å². The highest BCUT2D eigenvalue weighted by Crippen LogP contribution is 2.47. The first-order valence-electron chi connectivity index (χ1n) is 14.0. The van der Waals surface area contributed by atoms with Crippen molar-refractivity contribution in [2.45, 2.75) is 51.3 Å². The molecule has 2 fully saturated rings. The van der Waals surface area contributed by atoms with Gasteiger partial charge in [-0.05, 0) is 67.2 Å². The predicted octanol–water partition coefficient (Wildman–Crippen LogP) is 5.34. The lowest BCUT2D eigenvalue weighted by Gasteiger charge is -2.45. The van der Waals surface area contributed by atoms with E-state index in [9.17, 15) is 5.11 Å². The molecule has 0 radical (unpaired) electrons. The van der Waals surface area contributed by atoms with E-state index in [1.165, 1.54) is 10.9 Å². The lowest BCUT2D eigenvalue weighted by molar-refractivity contribution is -0.0357. The number of aliphatic hydroxyl groups is 1. The minimum atomic E-state index is -0.242. The van der Waals surface area contributed by atoms with Gasteiger partial charge in [-0.3, -0.25) is 4.68 Å². The van der Waals surface area contributed by atoms with Gasteiger partial charge in [0.15, 0.2) is 0 Å². The molecule has 39 heavy (non-hydrogen) atoms. The normalized spacial score (nSPS) is 24.9. The number of aliphatic hydroxyl groups excluding tert-OH is 1. The van der Waals surface area contributed by atoms with Crippen LogP contribution < -0.4 is 4.90 Å². The number of aromatic amines is 1. The number of nitrogens with one attached hydrogen (secondary N) is 1. The highest BCUT2D eigenvalue weighted by atomic mass is 16.3. The molecule has 0 bridgehead atoms. The van der Waals surface area contributed by atoms with Gasteiger partial charge in [-0.25, -0.2) is 0 Å². The quantitative estimate of drug-likeness (QED) is 0.334. The molecule has 2 aromatic heterocycles. The van der Waals surface area contributed by atoms with Crippen LogP contribution in [0.25, 0.3) is 27.1 Å². The predicted molar refractivity (Wildman–Crippen MR) is 154 cm³/mol. The van der Waals surface area contributed by atoms with Crippen LogP contribution in [-0.4, -0.2) is 56.8 Å². The van der Waals surface area contributed by atoms with Gasteiger partial charge in [-0.15, -0.1) is 10.1 Å². The number of hydrogen-bond donors (Lipinski definition) is 2. The Labute approximate surface area is 230 Å². The van der Waals surface area contributed by atoms with Crippen LogP contribution in [0.3, 0.4) is 0 Å². The highest BCUT2D eigenvalue weighted by Gasteiger charge is 2.46. The van der Waals surface area contributed by atoms with Crippen molar-refractivity contribution in [1.82, 2.24) is 25.0 Å². The molecular weight excluding hydrogens is 486 g/mol. The number of aromatic nitrogens is 4. The van der Waals surface area contributed by atoms with E-state index in [1.54, 1.807) is 0 Å². The molecule has 1 aliphatic heterocycles. The lowest BCUT2D eigenvalue weighted by Crippen LogP contribution is -2.47. The van der Waals surface area contributed by atoms with E-state index in [2.05, 4.69) is 80.6 Å². The van der Waals surface area contributed by atoms with Crippen LogP contribution in [0, 0.1) is 24.3 Å². The maximum Gasteiger partial charge on any atom is 0.137 e. The van der Waals surface area contributed by atoms with Crippen molar-refractivity contribution in [3.05, 3.63) is 77.5 Å². The van der Waals surface area contributed by atoms with Crippen LogP contribution in [0.2, 0.25) is 0 Å². The zero-order valence-corrected chi connectivity index (χ0v) is 23.0. The van der Waals surface area contributed by atoms with E-state index < -0.39 is 0 Å². The molecule has 8 nitrogen and oxygen atoms in total. The second-order valence-corrected chi connectivity index (χ2v) is 11.5. The van der Waals surface area contributed by atoms with Gasteiger partial charge in [0.2, 0.25) is 0 Å². The van der Waals surface area contributed by atoms with Crippen molar-refractivity contribution in [3.8, 4) is 11.3 Å². The van der Waals surface area contributed by atoms with Crippen molar-refractivity contribution >= 4 is 16.6 Å². The van der Waals surface area contributed by atoms with Gasteiger partial charge < -0.3 is 15.0 Å². The minimum Gasteiger partial charge on any atom is -0.393 e. The third-order valence-corrected chi connectivity index (χ3v) is 9.12. The summed E-state index contributed by atoms with van der Waals surface area (Å²) in [5, 5.41) is 22.6. The third kappa shape index (κ3) is 4.76. The molecule has 8 heteroatoms. The van der Waals surface area contributed by atoms with E-state index in [0.717, 1.165) is 60.4 Å². The molecule has 0 amide bonds. The number of H-pyrrole nitrogens is 1. The lowest BCUT2D eigenvalue weighted by atomic mass is 9.66. The zero-order chi connectivity index (χ0) is 27.1. The minimum absolute atomic E-state index is 0.0135.